The zero-order valence-electron chi connectivity index (χ0n) is 5.48. The molecule has 1 rings (SSSR count). The second kappa shape index (κ2) is 2.48. The molecule has 0 fully saturated rings. The van der Waals surface area contributed by atoms with E-state index in [9.17, 15) is 0 Å². The molecule has 0 spiro atoms. The van der Waals surface area contributed by atoms with Crippen molar-refractivity contribution in [2.75, 3.05) is 0 Å². The summed E-state index contributed by atoms with van der Waals surface area (Å²) in [5, 5.41) is 0. The van der Waals surface area contributed by atoms with Gasteiger partial charge in [-0.25, -0.2) is 4.98 Å². The number of hydrogen-bond acceptors (Lipinski definition) is 1. The number of halogens is 1. The van der Waals surface area contributed by atoms with Crippen LogP contribution in [0.4, 0.5) is 0 Å². The van der Waals surface area contributed by atoms with E-state index in [1.165, 1.54) is 11.1 Å². The maximum atomic E-state index is 4.09. The molecule has 0 unspecified atom stereocenters. The van der Waals surface area contributed by atoms with Gasteiger partial charge in [0.05, 0.1) is 0 Å². The third kappa shape index (κ3) is 1.52. The van der Waals surface area contributed by atoms with Gasteiger partial charge in [0.25, 0.3) is 0 Å². The Morgan fingerprint density at radius 1 is 1.44 bits per heavy atom. The van der Waals surface area contributed by atoms with Crippen LogP contribution in [0.15, 0.2) is 16.9 Å². The van der Waals surface area contributed by atoms with Crippen molar-refractivity contribution in [3.05, 3.63) is 28.0 Å². The van der Waals surface area contributed by atoms with Gasteiger partial charge in [-0.1, -0.05) is 6.07 Å². The summed E-state index contributed by atoms with van der Waals surface area (Å²) in [5.74, 6) is 0. The minimum atomic E-state index is 0.938. The van der Waals surface area contributed by atoms with Crippen molar-refractivity contribution in [3.63, 3.8) is 0 Å². The Morgan fingerprint density at radius 3 is 2.56 bits per heavy atom. The topological polar surface area (TPSA) is 12.9 Å². The number of pyridine rings is 1. The summed E-state index contributed by atoms with van der Waals surface area (Å²) in [6.45, 7) is 4.07. The van der Waals surface area contributed by atoms with Crippen LogP contribution < -0.4 is 0 Å². The second-order valence-electron chi connectivity index (χ2n) is 2.12. The van der Waals surface area contributed by atoms with Crippen molar-refractivity contribution in [2.24, 2.45) is 0 Å². The maximum absolute atomic E-state index is 4.09. The summed E-state index contributed by atoms with van der Waals surface area (Å²) in [7, 11) is 0. The van der Waals surface area contributed by atoms with Crippen LogP contribution in [0.1, 0.15) is 11.1 Å². The lowest BCUT2D eigenvalue weighted by atomic mass is 10.2. The summed E-state index contributed by atoms with van der Waals surface area (Å²) in [5.41, 5.74) is 2.39. The van der Waals surface area contributed by atoms with Crippen LogP contribution in [0, 0.1) is 13.8 Å². The molecule has 0 atom stereocenters. The third-order valence-corrected chi connectivity index (χ3v) is 1.98. The zero-order chi connectivity index (χ0) is 6.85. The minimum Gasteiger partial charge on any atom is -0.249 e. The smallest absolute Gasteiger partial charge is 0.108 e. The predicted molar refractivity (Wildman–Crippen MR) is 41.4 cm³/mol. The van der Waals surface area contributed by atoms with Gasteiger partial charge in [0.15, 0.2) is 0 Å². The van der Waals surface area contributed by atoms with Crippen LogP contribution in [-0.4, -0.2) is 4.98 Å². The van der Waals surface area contributed by atoms with Crippen molar-refractivity contribution in [1.29, 1.82) is 0 Å². The first-order chi connectivity index (χ1) is 4.20. The molecule has 2 heteroatoms. The summed E-state index contributed by atoms with van der Waals surface area (Å²) < 4.78 is 0.938. The Kier molecular flexibility index (Phi) is 1.86. The highest BCUT2D eigenvalue weighted by molar-refractivity contribution is 9.10. The van der Waals surface area contributed by atoms with Gasteiger partial charge >= 0.3 is 0 Å². The lowest BCUT2D eigenvalue weighted by molar-refractivity contribution is 1.18. The standard InChI is InChI=1S/C7H8BrN/c1-5-3-6(2)7(8)9-4-5/h3-4H,1-2H3. The van der Waals surface area contributed by atoms with E-state index in [1.807, 2.05) is 20.0 Å². The van der Waals surface area contributed by atoms with Gasteiger partial charge < -0.3 is 0 Å². The molecule has 1 aromatic rings. The van der Waals surface area contributed by atoms with Crippen LogP contribution in [0.2, 0.25) is 0 Å². The average Bonchev–Trinajstić information content (AvgIpc) is 1.80. The molecular weight excluding hydrogens is 178 g/mol. The monoisotopic (exact) mass is 185 g/mol. The normalized spacial score (nSPS) is 9.67. The summed E-state index contributed by atoms with van der Waals surface area (Å²) in [4.78, 5) is 4.09. The third-order valence-electron chi connectivity index (χ3n) is 1.15. The summed E-state index contributed by atoms with van der Waals surface area (Å²) in [6.07, 6.45) is 1.84. The molecule has 0 amide bonds. The molecule has 0 bridgehead atoms. The highest BCUT2D eigenvalue weighted by Crippen LogP contribution is 2.12. The van der Waals surface area contributed by atoms with E-state index in [-0.39, 0.29) is 0 Å². The zero-order valence-corrected chi connectivity index (χ0v) is 7.07. The fourth-order valence-corrected chi connectivity index (χ4v) is 0.915. The van der Waals surface area contributed by atoms with Gasteiger partial charge in [0, 0.05) is 6.20 Å². The molecule has 48 valence electrons. The first kappa shape index (κ1) is 6.75. The molecule has 1 heterocycles. The first-order valence-corrected chi connectivity index (χ1v) is 3.58. The van der Waals surface area contributed by atoms with Gasteiger partial charge in [-0.15, -0.1) is 0 Å². The van der Waals surface area contributed by atoms with Gasteiger partial charge in [-0.05, 0) is 40.9 Å². The van der Waals surface area contributed by atoms with Gasteiger partial charge in [-0.3, -0.25) is 0 Å². The lowest BCUT2D eigenvalue weighted by Crippen LogP contribution is -1.81. The van der Waals surface area contributed by atoms with E-state index >= 15 is 0 Å². The molecule has 0 saturated heterocycles. The van der Waals surface area contributed by atoms with Crippen LogP contribution in [-0.2, 0) is 0 Å². The van der Waals surface area contributed by atoms with Crippen LogP contribution >= 0.6 is 15.9 Å². The van der Waals surface area contributed by atoms with E-state index in [0.29, 0.717) is 0 Å². The van der Waals surface area contributed by atoms with E-state index in [2.05, 4.69) is 27.0 Å². The molecule has 0 saturated carbocycles. The van der Waals surface area contributed by atoms with Crippen LogP contribution in [0.5, 0.6) is 0 Å². The number of nitrogens with zero attached hydrogens (tertiary/aromatic N) is 1. The lowest BCUT2D eigenvalue weighted by Gasteiger charge is -1.95. The Labute approximate surface area is 63.2 Å². The van der Waals surface area contributed by atoms with Crippen molar-refractivity contribution in [2.45, 2.75) is 13.8 Å². The van der Waals surface area contributed by atoms with Crippen LogP contribution in [0.25, 0.3) is 0 Å². The second-order valence-corrected chi connectivity index (χ2v) is 2.87. The summed E-state index contributed by atoms with van der Waals surface area (Å²) in [6, 6.07) is 2.09. The average molecular weight is 186 g/mol. The molecule has 0 aliphatic rings. The maximum Gasteiger partial charge on any atom is 0.108 e. The Balaban J connectivity index is 3.17. The van der Waals surface area contributed by atoms with E-state index < -0.39 is 0 Å². The van der Waals surface area contributed by atoms with E-state index in [1.54, 1.807) is 0 Å². The number of aromatic nitrogens is 1. The fraction of sp³-hybridized carbons (Fsp3) is 0.286. The quantitative estimate of drug-likeness (QED) is 0.567. The van der Waals surface area contributed by atoms with E-state index in [4.69, 9.17) is 0 Å². The Hall–Kier alpha value is -0.370. The van der Waals surface area contributed by atoms with Crippen molar-refractivity contribution >= 4 is 15.9 Å². The van der Waals surface area contributed by atoms with Gasteiger partial charge in [0.1, 0.15) is 4.60 Å². The molecule has 0 aliphatic heterocycles. The molecule has 1 nitrogen and oxygen atoms in total. The largest absolute Gasteiger partial charge is 0.249 e. The molecule has 9 heavy (non-hydrogen) atoms. The van der Waals surface area contributed by atoms with E-state index in [0.717, 1.165) is 4.60 Å². The Morgan fingerprint density at radius 2 is 2.11 bits per heavy atom. The van der Waals surface area contributed by atoms with Crippen molar-refractivity contribution in [1.82, 2.24) is 4.98 Å². The molecule has 0 aromatic carbocycles. The number of hydrogen-bond donors (Lipinski definition) is 0. The molecule has 0 aliphatic carbocycles. The van der Waals surface area contributed by atoms with Gasteiger partial charge in [-0.2, -0.15) is 0 Å². The van der Waals surface area contributed by atoms with Crippen molar-refractivity contribution < 1.29 is 0 Å². The van der Waals surface area contributed by atoms with Gasteiger partial charge in [0.2, 0.25) is 0 Å². The highest BCUT2D eigenvalue weighted by atomic mass is 79.9. The van der Waals surface area contributed by atoms with Crippen LogP contribution in [0.3, 0.4) is 0 Å². The predicted octanol–water partition coefficient (Wildman–Crippen LogP) is 2.46. The summed E-state index contributed by atoms with van der Waals surface area (Å²) >= 11 is 3.32. The molecule has 0 radical (unpaired) electrons. The highest BCUT2D eigenvalue weighted by Gasteiger charge is 1.92. The Bertz CT molecular complexity index is 220. The first-order valence-electron chi connectivity index (χ1n) is 2.79. The molecule has 1 aromatic heterocycles. The SMILES string of the molecule is Cc1cnc(Br)c(C)c1. The molecule has 0 N–H and O–H groups in total. The minimum absolute atomic E-state index is 0.938. The number of aryl methyl sites for hydroxylation is 2. The fourth-order valence-electron chi connectivity index (χ4n) is 0.699. The van der Waals surface area contributed by atoms with Crippen molar-refractivity contribution in [3.8, 4) is 0 Å². The molecular formula is C7H8BrN. The number of rotatable bonds is 0.